The van der Waals surface area contributed by atoms with Gasteiger partial charge in [0.2, 0.25) is 0 Å². The third kappa shape index (κ3) is 2.75. The maximum atomic E-state index is 9.23. The zero-order valence-corrected chi connectivity index (χ0v) is 16.9. The molecule has 0 bridgehead atoms. The van der Waals surface area contributed by atoms with Crippen molar-refractivity contribution in [3.05, 3.63) is 102 Å². The number of nitrogens with zero attached hydrogens (tertiary/aromatic N) is 4. The summed E-state index contributed by atoms with van der Waals surface area (Å²) in [6.45, 7) is 7.28. The van der Waals surface area contributed by atoms with Crippen LogP contribution < -0.4 is 0 Å². The second-order valence-corrected chi connectivity index (χ2v) is 7.78. The summed E-state index contributed by atoms with van der Waals surface area (Å²) in [7, 11) is 0. The molecule has 0 spiro atoms. The number of hydrogen-bond acceptors (Lipinski definition) is 3. The lowest BCUT2D eigenvalue weighted by molar-refractivity contribution is 1.31. The molecule has 4 heteroatoms. The Kier molecular flexibility index (Phi) is 3.87. The van der Waals surface area contributed by atoms with Crippen molar-refractivity contribution in [3.8, 4) is 28.6 Å². The predicted molar refractivity (Wildman–Crippen MR) is 128 cm³/mol. The summed E-state index contributed by atoms with van der Waals surface area (Å²) in [5.41, 5.74) is 4.77. The van der Waals surface area contributed by atoms with Crippen LogP contribution in [0.3, 0.4) is 0 Å². The molecule has 0 saturated heterocycles. The Bertz CT molecular complexity index is 1560. The van der Waals surface area contributed by atoms with Gasteiger partial charge in [-0.1, -0.05) is 24.3 Å². The molecule has 0 aliphatic carbocycles. The molecule has 32 heavy (non-hydrogen) atoms. The van der Waals surface area contributed by atoms with Crippen LogP contribution in [-0.2, 0) is 0 Å². The van der Waals surface area contributed by atoms with Crippen LogP contribution in [0.4, 0.5) is 5.69 Å². The molecule has 4 aromatic carbocycles. The van der Waals surface area contributed by atoms with Gasteiger partial charge in [0.15, 0.2) is 5.69 Å². The summed E-state index contributed by atoms with van der Waals surface area (Å²) in [5.74, 6) is 0. The van der Waals surface area contributed by atoms with Crippen LogP contribution in [0.15, 0.2) is 85.2 Å². The number of rotatable bonds is 2. The quantitative estimate of drug-likeness (QED) is 0.227. The highest BCUT2D eigenvalue weighted by Gasteiger charge is 2.13. The number of aromatic nitrogens is 2. The normalized spacial score (nSPS) is 11.1. The highest BCUT2D eigenvalue weighted by molar-refractivity contribution is 6.24. The Morgan fingerprint density at radius 1 is 0.656 bits per heavy atom. The molecule has 0 amide bonds. The van der Waals surface area contributed by atoms with Gasteiger partial charge in [0.25, 0.3) is 0 Å². The lowest BCUT2D eigenvalue weighted by Crippen LogP contribution is -1.90. The van der Waals surface area contributed by atoms with E-state index in [-0.39, 0.29) is 0 Å². The van der Waals surface area contributed by atoms with Gasteiger partial charge >= 0.3 is 0 Å². The topological polar surface area (TPSA) is 53.9 Å². The van der Waals surface area contributed by atoms with Crippen molar-refractivity contribution in [1.29, 1.82) is 5.26 Å². The molecule has 0 unspecified atom stereocenters. The molecular weight excluding hydrogens is 392 g/mol. The summed E-state index contributed by atoms with van der Waals surface area (Å²) in [6, 6.07) is 26.4. The molecule has 6 aromatic rings. The predicted octanol–water partition coefficient (Wildman–Crippen LogP) is 7.13. The van der Waals surface area contributed by atoms with E-state index in [1.807, 2.05) is 12.1 Å². The zero-order valence-electron chi connectivity index (χ0n) is 16.9. The van der Waals surface area contributed by atoms with E-state index < -0.39 is 0 Å². The van der Waals surface area contributed by atoms with Gasteiger partial charge in [-0.15, -0.1) is 0 Å². The van der Waals surface area contributed by atoms with Crippen molar-refractivity contribution in [3.63, 3.8) is 0 Å². The van der Waals surface area contributed by atoms with Crippen molar-refractivity contribution in [1.82, 2.24) is 9.97 Å². The van der Waals surface area contributed by atoms with Gasteiger partial charge in [-0.3, -0.25) is 9.97 Å². The number of hydrogen-bond donors (Lipinski definition) is 0. The minimum absolute atomic E-state index is 0.585. The SMILES string of the molecule is [C-]#[N+]c1ccnc(-c2cc3ccc4cc(-c5cc(C#N)ccn5)cc5ccc(c2)c3c45)c1. The first kappa shape index (κ1) is 18.0. The molecule has 0 aliphatic heterocycles. The van der Waals surface area contributed by atoms with E-state index in [1.54, 1.807) is 24.5 Å². The van der Waals surface area contributed by atoms with Crippen LogP contribution in [0.1, 0.15) is 5.56 Å². The Labute approximate surface area is 184 Å². The van der Waals surface area contributed by atoms with Crippen molar-refractivity contribution in [2.45, 2.75) is 0 Å². The zero-order chi connectivity index (χ0) is 21.7. The summed E-state index contributed by atoms with van der Waals surface area (Å²) >= 11 is 0. The molecule has 2 heterocycles. The first-order valence-corrected chi connectivity index (χ1v) is 10.2. The smallest absolute Gasteiger partial charge is 0.190 e. The monoisotopic (exact) mass is 406 g/mol. The molecule has 2 aromatic heterocycles. The average Bonchev–Trinajstić information content (AvgIpc) is 2.86. The van der Waals surface area contributed by atoms with Crippen molar-refractivity contribution < 1.29 is 0 Å². The van der Waals surface area contributed by atoms with Gasteiger partial charge in [0, 0.05) is 23.5 Å². The molecule has 0 saturated carbocycles. The first-order chi connectivity index (χ1) is 15.7. The average molecular weight is 406 g/mol. The highest BCUT2D eigenvalue weighted by atomic mass is 14.7. The van der Waals surface area contributed by atoms with Gasteiger partial charge in [-0.25, -0.2) is 4.85 Å². The largest absolute Gasteiger partial charge is 0.259 e. The molecule has 6 rings (SSSR count). The van der Waals surface area contributed by atoms with E-state index in [2.05, 4.69) is 69.4 Å². The van der Waals surface area contributed by atoms with Crippen molar-refractivity contribution in [2.24, 2.45) is 0 Å². The molecule has 0 atom stereocenters. The highest BCUT2D eigenvalue weighted by Crippen LogP contribution is 2.39. The van der Waals surface area contributed by atoms with Gasteiger partial charge in [0.1, 0.15) is 0 Å². The van der Waals surface area contributed by atoms with E-state index >= 15 is 0 Å². The van der Waals surface area contributed by atoms with Crippen molar-refractivity contribution in [2.75, 3.05) is 0 Å². The van der Waals surface area contributed by atoms with E-state index in [4.69, 9.17) is 6.57 Å². The Balaban J connectivity index is 1.59. The standard InChI is InChI=1S/C28H14N4/c1-30-24-7-9-32-26(15-24)23-13-20-4-2-18-11-22(25-10-17(16-29)6-8-31-25)12-19-3-5-21(14-23)28(20)27(18)19/h2-15H. The molecule has 0 N–H and O–H groups in total. The van der Waals surface area contributed by atoms with E-state index in [0.717, 1.165) is 44.1 Å². The van der Waals surface area contributed by atoms with Crippen LogP contribution in [-0.4, -0.2) is 9.97 Å². The van der Waals surface area contributed by atoms with Crippen LogP contribution in [0.25, 0.3) is 59.7 Å². The fourth-order valence-electron chi connectivity index (χ4n) is 4.44. The van der Waals surface area contributed by atoms with Gasteiger partial charge in [0.05, 0.1) is 29.6 Å². The van der Waals surface area contributed by atoms with Crippen LogP contribution >= 0.6 is 0 Å². The van der Waals surface area contributed by atoms with E-state index in [0.29, 0.717) is 11.3 Å². The molecule has 0 radical (unpaired) electrons. The van der Waals surface area contributed by atoms with Gasteiger partial charge < -0.3 is 0 Å². The summed E-state index contributed by atoms with van der Waals surface area (Å²) < 4.78 is 0. The van der Waals surface area contributed by atoms with Crippen molar-refractivity contribution >= 4 is 38.0 Å². The molecule has 0 fully saturated rings. The Morgan fingerprint density at radius 3 is 1.66 bits per heavy atom. The Morgan fingerprint density at radius 2 is 1.16 bits per heavy atom. The fourth-order valence-corrected chi connectivity index (χ4v) is 4.44. The number of benzene rings is 4. The van der Waals surface area contributed by atoms with Gasteiger partial charge in [-0.05, 0) is 80.8 Å². The maximum absolute atomic E-state index is 9.23. The molecular formula is C28H14N4. The molecule has 0 aliphatic rings. The minimum Gasteiger partial charge on any atom is -0.259 e. The first-order valence-electron chi connectivity index (χ1n) is 10.2. The minimum atomic E-state index is 0.585. The number of nitriles is 1. The summed E-state index contributed by atoms with van der Waals surface area (Å²) in [4.78, 5) is 12.5. The summed E-state index contributed by atoms with van der Waals surface area (Å²) in [6.07, 6.45) is 3.36. The van der Waals surface area contributed by atoms with Gasteiger partial charge in [-0.2, -0.15) is 5.26 Å². The van der Waals surface area contributed by atoms with E-state index in [1.165, 1.54) is 10.8 Å². The summed E-state index contributed by atoms with van der Waals surface area (Å²) in [5, 5.41) is 16.2. The second-order valence-electron chi connectivity index (χ2n) is 7.78. The number of pyridine rings is 2. The van der Waals surface area contributed by atoms with E-state index in [9.17, 15) is 5.26 Å². The van der Waals surface area contributed by atoms with Crippen LogP contribution in [0, 0.1) is 17.9 Å². The lowest BCUT2D eigenvalue weighted by atomic mass is 9.90. The third-order valence-electron chi connectivity index (χ3n) is 5.89. The Hall–Kier alpha value is -4.80. The fraction of sp³-hybridized carbons (Fsp3) is 0. The maximum Gasteiger partial charge on any atom is 0.190 e. The van der Waals surface area contributed by atoms with Crippen LogP contribution in [0.2, 0.25) is 0 Å². The molecule has 146 valence electrons. The van der Waals surface area contributed by atoms with Crippen LogP contribution in [0.5, 0.6) is 0 Å². The third-order valence-corrected chi connectivity index (χ3v) is 5.89. The lowest BCUT2D eigenvalue weighted by Gasteiger charge is -2.14. The molecule has 4 nitrogen and oxygen atoms in total. The second kappa shape index (κ2) is 6.87.